The van der Waals surface area contributed by atoms with Gasteiger partial charge in [0.15, 0.2) is 0 Å². The van der Waals surface area contributed by atoms with Crippen LogP contribution in [0.4, 0.5) is 5.82 Å². The summed E-state index contributed by atoms with van der Waals surface area (Å²) >= 11 is 6.79. The zero-order valence-corrected chi connectivity index (χ0v) is 22.0. The Balaban J connectivity index is 1.45. The monoisotopic (exact) mass is 520 g/mol. The maximum Gasteiger partial charge on any atom is 0.267 e. The molecule has 2 aliphatic rings. The Morgan fingerprint density at radius 1 is 1.14 bits per heavy atom. The summed E-state index contributed by atoms with van der Waals surface area (Å²) in [6.45, 7) is 4.39. The van der Waals surface area contributed by atoms with Crippen LogP contribution in [0.5, 0.6) is 5.75 Å². The molecule has 0 atom stereocenters. The topological polar surface area (TPSA) is 67.2 Å². The van der Waals surface area contributed by atoms with E-state index >= 15 is 0 Å². The van der Waals surface area contributed by atoms with Gasteiger partial charge in [0.1, 0.15) is 21.5 Å². The molecular weight excluding hydrogens is 492 g/mol. The van der Waals surface area contributed by atoms with Crippen LogP contribution < -0.4 is 15.2 Å². The normalized spacial score (nSPS) is 18.0. The fourth-order valence-corrected chi connectivity index (χ4v) is 5.83. The number of piperidine rings is 1. The van der Waals surface area contributed by atoms with E-state index in [0.29, 0.717) is 45.1 Å². The minimum Gasteiger partial charge on any atom is -0.497 e. The van der Waals surface area contributed by atoms with Crippen molar-refractivity contribution in [1.82, 2.24) is 14.3 Å². The van der Waals surface area contributed by atoms with Crippen LogP contribution in [0.25, 0.3) is 11.7 Å². The number of benzene rings is 1. The second-order valence-corrected chi connectivity index (χ2v) is 10.9. The van der Waals surface area contributed by atoms with E-state index in [0.717, 1.165) is 37.2 Å². The fraction of sp³-hybridized carbons (Fsp3) is 0.333. The van der Waals surface area contributed by atoms with E-state index in [-0.39, 0.29) is 11.5 Å². The average molecular weight is 521 g/mol. The lowest BCUT2D eigenvalue weighted by atomic mass is 9.99. The first-order valence-corrected chi connectivity index (χ1v) is 13.3. The maximum atomic E-state index is 13.6. The predicted octanol–water partition coefficient (Wildman–Crippen LogP) is 4.38. The van der Waals surface area contributed by atoms with Crippen LogP contribution in [0.3, 0.4) is 0 Å². The number of ether oxygens (including phenoxy) is 1. The van der Waals surface area contributed by atoms with Gasteiger partial charge in [0.25, 0.3) is 11.5 Å². The lowest BCUT2D eigenvalue weighted by Gasteiger charge is -2.32. The van der Waals surface area contributed by atoms with Crippen molar-refractivity contribution in [3.05, 3.63) is 75.0 Å². The van der Waals surface area contributed by atoms with E-state index in [1.165, 1.54) is 16.2 Å². The van der Waals surface area contributed by atoms with Crippen LogP contribution in [0.15, 0.2) is 58.4 Å². The molecule has 0 radical (unpaired) electrons. The number of amides is 1. The summed E-state index contributed by atoms with van der Waals surface area (Å²) in [7, 11) is 1.63. The molecule has 1 aromatic carbocycles. The number of carbonyl (C=O) groups excluding carboxylic acids is 1. The summed E-state index contributed by atoms with van der Waals surface area (Å²) in [6.07, 6.45) is 6.16. The fourth-order valence-electron chi connectivity index (χ4n) is 4.54. The summed E-state index contributed by atoms with van der Waals surface area (Å²) in [5.74, 6) is 1.91. The Bertz CT molecular complexity index is 1390. The van der Waals surface area contributed by atoms with E-state index in [1.807, 2.05) is 36.4 Å². The van der Waals surface area contributed by atoms with Crippen molar-refractivity contribution in [2.24, 2.45) is 5.92 Å². The minimum atomic E-state index is -0.183. The van der Waals surface area contributed by atoms with Crippen molar-refractivity contribution >= 4 is 51.7 Å². The molecule has 7 nitrogen and oxygen atoms in total. The van der Waals surface area contributed by atoms with E-state index in [9.17, 15) is 9.59 Å². The van der Waals surface area contributed by atoms with Gasteiger partial charge in [-0.15, -0.1) is 0 Å². The second-order valence-electron chi connectivity index (χ2n) is 9.18. The van der Waals surface area contributed by atoms with Gasteiger partial charge in [0, 0.05) is 25.8 Å². The highest BCUT2D eigenvalue weighted by molar-refractivity contribution is 8.26. The molecule has 4 heterocycles. The van der Waals surface area contributed by atoms with E-state index < -0.39 is 0 Å². The van der Waals surface area contributed by atoms with Crippen LogP contribution >= 0.6 is 24.0 Å². The number of hydrogen-bond donors (Lipinski definition) is 0. The maximum absolute atomic E-state index is 13.6. The first kappa shape index (κ1) is 24.5. The number of nitrogens with zero attached hydrogens (tertiary/aromatic N) is 4. The van der Waals surface area contributed by atoms with Crippen LogP contribution in [0.1, 0.15) is 30.9 Å². The number of fused-ring (bicyclic) bond motifs is 1. The minimum absolute atomic E-state index is 0.172. The van der Waals surface area contributed by atoms with Gasteiger partial charge in [0.2, 0.25) is 0 Å². The Kier molecular flexibility index (Phi) is 7.11. The largest absolute Gasteiger partial charge is 0.497 e. The summed E-state index contributed by atoms with van der Waals surface area (Å²) in [6, 6.07) is 13.3. The molecular formula is C27H28N4O3S2. The number of methoxy groups -OCH3 is 1. The smallest absolute Gasteiger partial charge is 0.267 e. The molecule has 186 valence electrons. The quantitative estimate of drug-likeness (QED) is 0.353. The molecule has 3 aromatic rings. The number of anilines is 1. The van der Waals surface area contributed by atoms with Crippen LogP contribution in [-0.4, -0.2) is 51.3 Å². The summed E-state index contributed by atoms with van der Waals surface area (Å²) in [4.78, 5) is 36.0. The molecule has 2 saturated heterocycles. The van der Waals surface area contributed by atoms with Crippen LogP contribution in [-0.2, 0) is 11.2 Å². The summed E-state index contributed by atoms with van der Waals surface area (Å²) in [5.41, 5.74) is 1.94. The number of thioether (sulfide) groups is 1. The number of carbonyl (C=O) groups is 1. The number of rotatable bonds is 6. The van der Waals surface area contributed by atoms with Crippen molar-refractivity contribution in [1.29, 1.82) is 0 Å². The third-order valence-corrected chi connectivity index (χ3v) is 8.14. The summed E-state index contributed by atoms with van der Waals surface area (Å²) in [5, 5.41) is 0. The molecule has 0 bridgehead atoms. The van der Waals surface area contributed by atoms with Crippen molar-refractivity contribution in [2.75, 3.05) is 31.6 Å². The third-order valence-electron chi connectivity index (χ3n) is 6.76. The third kappa shape index (κ3) is 4.90. The van der Waals surface area contributed by atoms with Crippen molar-refractivity contribution in [2.45, 2.75) is 26.2 Å². The molecule has 0 saturated carbocycles. The van der Waals surface area contributed by atoms with Gasteiger partial charge in [-0.05, 0) is 61.1 Å². The van der Waals surface area contributed by atoms with E-state index in [4.69, 9.17) is 21.9 Å². The van der Waals surface area contributed by atoms with E-state index in [1.54, 1.807) is 30.3 Å². The Labute approximate surface area is 219 Å². The van der Waals surface area contributed by atoms with Gasteiger partial charge >= 0.3 is 0 Å². The van der Waals surface area contributed by atoms with Crippen molar-refractivity contribution < 1.29 is 9.53 Å². The molecule has 2 fully saturated rings. The van der Waals surface area contributed by atoms with Crippen molar-refractivity contribution in [3.8, 4) is 5.75 Å². The first-order valence-electron chi connectivity index (χ1n) is 12.1. The van der Waals surface area contributed by atoms with Gasteiger partial charge in [0.05, 0.1) is 17.6 Å². The van der Waals surface area contributed by atoms with Gasteiger partial charge < -0.3 is 9.64 Å². The molecule has 9 heteroatoms. The number of hydrogen-bond acceptors (Lipinski definition) is 7. The van der Waals surface area contributed by atoms with Crippen LogP contribution in [0.2, 0.25) is 0 Å². The molecule has 5 rings (SSSR count). The lowest BCUT2D eigenvalue weighted by Crippen LogP contribution is -2.36. The molecule has 0 spiro atoms. The van der Waals surface area contributed by atoms with Gasteiger partial charge in [-0.1, -0.05) is 49.1 Å². The highest BCUT2D eigenvalue weighted by atomic mass is 32.2. The zero-order chi connectivity index (χ0) is 25.2. The molecule has 36 heavy (non-hydrogen) atoms. The van der Waals surface area contributed by atoms with Gasteiger partial charge in [-0.25, -0.2) is 4.98 Å². The number of thiocarbonyl (C=S) groups is 1. The van der Waals surface area contributed by atoms with Gasteiger partial charge in [-0.3, -0.25) is 18.9 Å². The Morgan fingerprint density at radius 2 is 1.89 bits per heavy atom. The van der Waals surface area contributed by atoms with Crippen LogP contribution in [0, 0.1) is 5.92 Å². The zero-order valence-electron chi connectivity index (χ0n) is 20.3. The highest BCUT2D eigenvalue weighted by Crippen LogP contribution is 2.34. The average Bonchev–Trinajstić information content (AvgIpc) is 3.17. The lowest BCUT2D eigenvalue weighted by molar-refractivity contribution is -0.122. The summed E-state index contributed by atoms with van der Waals surface area (Å²) < 4.78 is 7.25. The first-order chi connectivity index (χ1) is 17.4. The van der Waals surface area contributed by atoms with Crippen molar-refractivity contribution in [3.63, 3.8) is 0 Å². The molecule has 0 N–H and O–H groups in total. The highest BCUT2D eigenvalue weighted by Gasteiger charge is 2.33. The SMILES string of the molecule is COc1ccc(CCN2C(=O)C(=Cc3c(N4CCC(C)CC4)nc4ccccn4c3=O)SC2=S)cc1. The molecule has 0 aliphatic carbocycles. The Morgan fingerprint density at radius 3 is 2.61 bits per heavy atom. The Hall–Kier alpha value is -3.17. The second kappa shape index (κ2) is 10.4. The predicted molar refractivity (Wildman–Crippen MR) is 149 cm³/mol. The van der Waals surface area contributed by atoms with E-state index in [2.05, 4.69) is 11.8 Å². The molecule has 2 aromatic heterocycles. The number of aromatic nitrogens is 2. The number of pyridine rings is 1. The molecule has 0 unspecified atom stereocenters. The molecule has 2 aliphatic heterocycles. The molecule has 1 amide bonds. The van der Waals surface area contributed by atoms with Gasteiger partial charge in [-0.2, -0.15) is 0 Å². The standard InChI is InChI=1S/C27H28N4O3S2/c1-18-10-14-29(15-11-18)24-21(25(32)30-13-4-3-5-23(30)28-24)17-22-26(33)31(27(35)36-22)16-12-19-6-8-20(34-2)9-7-19/h3-9,13,17-18H,10-12,14-16H2,1-2H3.